The molecule has 8 nitrogen and oxygen atoms in total. The zero-order valence-corrected chi connectivity index (χ0v) is 17.7. The molecule has 2 heterocycles. The standard InChI is InChI=1S/C23H21F2N5O3/c1-10-12(14-6-16(25)17(27)7-15(14)24)4-5-13-21(10)30(11-2-3-11)23(32)20-22(13)33-19(29-20)9-28-18(31)8-26/h4-7,11H,2-3,8-9,26-27H2,1H3,(H,28,31). The summed E-state index contributed by atoms with van der Waals surface area (Å²) in [7, 11) is 0. The van der Waals surface area contributed by atoms with Crippen LogP contribution in [0.3, 0.4) is 0 Å². The predicted octanol–water partition coefficient (Wildman–Crippen LogP) is 2.89. The average Bonchev–Trinajstić information content (AvgIpc) is 3.53. The molecule has 2 aromatic carbocycles. The molecule has 2 aromatic heterocycles. The summed E-state index contributed by atoms with van der Waals surface area (Å²) < 4.78 is 36.3. The lowest BCUT2D eigenvalue weighted by molar-refractivity contribution is -0.120. The monoisotopic (exact) mass is 453 g/mol. The van der Waals surface area contributed by atoms with Gasteiger partial charge >= 0.3 is 0 Å². The Morgan fingerprint density at radius 3 is 2.70 bits per heavy atom. The molecule has 0 radical (unpaired) electrons. The first-order valence-corrected chi connectivity index (χ1v) is 10.5. The molecule has 0 unspecified atom stereocenters. The van der Waals surface area contributed by atoms with Crippen LogP contribution in [0.15, 0.2) is 33.5 Å². The third-order valence-electron chi connectivity index (χ3n) is 5.92. The molecule has 1 aliphatic rings. The summed E-state index contributed by atoms with van der Waals surface area (Å²) in [5, 5.41) is 3.19. The van der Waals surface area contributed by atoms with Crippen LogP contribution in [0.2, 0.25) is 0 Å². The van der Waals surface area contributed by atoms with Crippen molar-refractivity contribution in [1.82, 2.24) is 14.9 Å². The molecule has 33 heavy (non-hydrogen) atoms. The summed E-state index contributed by atoms with van der Waals surface area (Å²) in [6.45, 7) is 1.57. The van der Waals surface area contributed by atoms with Gasteiger partial charge in [0.25, 0.3) is 5.56 Å². The van der Waals surface area contributed by atoms with Crippen LogP contribution in [0.1, 0.15) is 30.3 Å². The second-order valence-electron chi connectivity index (χ2n) is 8.16. The first-order valence-electron chi connectivity index (χ1n) is 10.5. The number of aromatic nitrogens is 2. The topological polar surface area (TPSA) is 129 Å². The number of aryl methyl sites for hydroxylation is 1. The van der Waals surface area contributed by atoms with Crippen molar-refractivity contribution in [2.45, 2.75) is 32.4 Å². The van der Waals surface area contributed by atoms with Crippen molar-refractivity contribution in [3.8, 4) is 11.1 Å². The Morgan fingerprint density at radius 1 is 1.24 bits per heavy atom. The minimum atomic E-state index is -0.722. The fourth-order valence-electron chi connectivity index (χ4n) is 4.16. The molecule has 0 aliphatic heterocycles. The molecule has 5 rings (SSSR count). The van der Waals surface area contributed by atoms with Crippen LogP contribution in [0.5, 0.6) is 0 Å². The highest BCUT2D eigenvalue weighted by molar-refractivity contribution is 6.04. The van der Waals surface area contributed by atoms with Gasteiger partial charge in [-0.25, -0.2) is 13.8 Å². The van der Waals surface area contributed by atoms with E-state index < -0.39 is 11.6 Å². The number of nitrogens with zero attached hydrogens (tertiary/aromatic N) is 2. The number of amides is 1. The molecule has 0 saturated heterocycles. The maximum absolute atomic E-state index is 14.7. The maximum Gasteiger partial charge on any atom is 0.281 e. The number of nitrogens with two attached hydrogens (primary N) is 2. The number of hydrogen-bond donors (Lipinski definition) is 3. The molecule has 1 saturated carbocycles. The maximum atomic E-state index is 14.7. The van der Waals surface area contributed by atoms with E-state index >= 15 is 0 Å². The molecule has 170 valence electrons. The summed E-state index contributed by atoms with van der Waals surface area (Å²) in [5.41, 5.74) is 12.3. The second kappa shape index (κ2) is 7.66. The SMILES string of the molecule is Cc1c(-c2cc(F)c(N)cc2F)ccc2c3oc(CNC(=O)CN)nc3c(=O)n(C3CC3)c12. The normalized spacial score (nSPS) is 13.7. The Hall–Kier alpha value is -3.79. The third kappa shape index (κ3) is 3.43. The van der Waals surface area contributed by atoms with Gasteiger partial charge in [0.15, 0.2) is 11.1 Å². The highest BCUT2D eigenvalue weighted by atomic mass is 19.1. The molecule has 0 atom stereocenters. The Morgan fingerprint density at radius 2 is 2.00 bits per heavy atom. The number of rotatable bonds is 5. The molecule has 1 aliphatic carbocycles. The smallest absolute Gasteiger partial charge is 0.281 e. The van der Waals surface area contributed by atoms with Gasteiger partial charge in [-0.2, -0.15) is 0 Å². The van der Waals surface area contributed by atoms with E-state index in [-0.39, 0.29) is 58.8 Å². The molecule has 10 heteroatoms. The Kier molecular flexibility index (Phi) is 4.89. The minimum Gasteiger partial charge on any atom is -0.438 e. The number of benzene rings is 2. The summed E-state index contributed by atoms with van der Waals surface area (Å²) in [6, 6.07) is 5.36. The fourth-order valence-corrected chi connectivity index (χ4v) is 4.16. The van der Waals surface area contributed by atoms with Gasteiger partial charge in [-0.3, -0.25) is 9.59 Å². The number of anilines is 1. The number of nitrogen functional groups attached to an aromatic ring is 1. The first-order chi connectivity index (χ1) is 15.8. The minimum absolute atomic E-state index is 0.0107. The summed E-state index contributed by atoms with van der Waals surface area (Å²) in [6.07, 6.45) is 1.65. The van der Waals surface area contributed by atoms with E-state index in [0.717, 1.165) is 25.0 Å². The van der Waals surface area contributed by atoms with E-state index in [0.29, 0.717) is 22.0 Å². The van der Waals surface area contributed by atoms with Crippen LogP contribution in [0, 0.1) is 18.6 Å². The molecular formula is C23H21F2N5O3. The molecular weight excluding hydrogens is 432 g/mol. The lowest BCUT2D eigenvalue weighted by Gasteiger charge is -2.16. The van der Waals surface area contributed by atoms with Crippen molar-refractivity contribution in [1.29, 1.82) is 0 Å². The number of oxazole rings is 1. The van der Waals surface area contributed by atoms with E-state index in [1.54, 1.807) is 23.6 Å². The highest BCUT2D eigenvalue weighted by Crippen LogP contribution is 2.41. The van der Waals surface area contributed by atoms with E-state index in [2.05, 4.69) is 10.3 Å². The van der Waals surface area contributed by atoms with Crippen LogP contribution in [-0.4, -0.2) is 22.0 Å². The number of pyridine rings is 1. The van der Waals surface area contributed by atoms with Gasteiger partial charge in [0.05, 0.1) is 24.3 Å². The Balaban J connectivity index is 1.76. The van der Waals surface area contributed by atoms with Gasteiger partial charge in [-0.1, -0.05) is 6.07 Å². The summed E-state index contributed by atoms with van der Waals surface area (Å²) in [4.78, 5) is 29.2. The fraction of sp³-hybridized carbons (Fsp3) is 0.261. The van der Waals surface area contributed by atoms with Crippen LogP contribution >= 0.6 is 0 Å². The quantitative estimate of drug-likeness (QED) is 0.399. The number of nitrogens with one attached hydrogen (secondary N) is 1. The molecule has 5 N–H and O–H groups in total. The van der Waals surface area contributed by atoms with Crippen LogP contribution in [0.4, 0.5) is 14.5 Å². The van der Waals surface area contributed by atoms with Gasteiger partial charge in [0, 0.05) is 23.1 Å². The zero-order valence-electron chi connectivity index (χ0n) is 17.7. The van der Waals surface area contributed by atoms with E-state index in [1.807, 2.05) is 0 Å². The zero-order chi connectivity index (χ0) is 23.4. The number of fused-ring (bicyclic) bond motifs is 3. The number of halogens is 2. The molecule has 0 bridgehead atoms. The number of hydrogen-bond acceptors (Lipinski definition) is 6. The number of carbonyl (C=O) groups excluding carboxylic acids is 1. The van der Waals surface area contributed by atoms with Gasteiger partial charge < -0.3 is 25.8 Å². The van der Waals surface area contributed by atoms with Crippen LogP contribution in [0.25, 0.3) is 33.1 Å². The van der Waals surface area contributed by atoms with Gasteiger partial charge in [0.1, 0.15) is 11.6 Å². The molecule has 0 spiro atoms. The molecule has 4 aromatic rings. The van der Waals surface area contributed by atoms with Gasteiger partial charge in [-0.05, 0) is 43.0 Å². The van der Waals surface area contributed by atoms with E-state index in [9.17, 15) is 18.4 Å². The van der Waals surface area contributed by atoms with E-state index in [1.165, 1.54) is 0 Å². The van der Waals surface area contributed by atoms with Gasteiger partial charge in [0.2, 0.25) is 11.8 Å². The first kappa shape index (κ1) is 21.1. The lowest BCUT2D eigenvalue weighted by atomic mass is 9.96. The van der Waals surface area contributed by atoms with Crippen LogP contribution in [-0.2, 0) is 11.3 Å². The highest BCUT2D eigenvalue weighted by Gasteiger charge is 2.30. The summed E-state index contributed by atoms with van der Waals surface area (Å²) in [5.74, 6) is -1.58. The van der Waals surface area contributed by atoms with Crippen molar-refractivity contribution in [3.63, 3.8) is 0 Å². The second-order valence-corrected chi connectivity index (χ2v) is 8.16. The van der Waals surface area contributed by atoms with Crippen molar-refractivity contribution in [3.05, 3.63) is 57.7 Å². The van der Waals surface area contributed by atoms with E-state index in [4.69, 9.17) is 15.9 Å². The van der Waals surface area contributed by atoms with Gasteiger partial charge in [-0.15, -0.1) is 0 Å². The Bertz CT molecular complexity index is 1500. The lowest BCUT2D eigenvalue weighted by Crippen LogP contribution is -2.29. The van der Waals surface area contributed by atoms with Crippen LogP contribution < -0.4 is 22.3 Å². The largest absolute Gasteiger partial charge is 0.438 e. The third-order valence-corrected chi connectivity index (χ3v) is 5.92. The summed E-state index contributed by atoms with van der Waals surface area (Å²) >= 11 is 0. The Labute approximate surface area is 186 Å². The van der Waals surface area contributed by atoms with Crippen molar-refractivity contribution >= 4 is 33.6 Å². The van der Waals surface area contributed by atoms with Crippen molar-refractivity contribution < 1.29 is 18.0 Å². The molecule has 1 amide bonds. The van der Waals surface area contributed by atoms with Crippen molar-refractivity contribution in [2.24, 2.45) is 5.73 Å². The average molecular weight is 453 g/mol. The predicted molar refractivity (Wildman–Crippen MR) is 119 cm³/mol. The number of carbonyl (C=O) groups is 1. The molecule has 1 fully saturated rings. The van der Waals surface area contributed by atoms with Crippen molar-refractivity contribution in [2.75, 3.05) is 12.3 Å².